The normalized spacial score (nSPS) is 15.8. The lowest BCUT2D eigenvalue weighted by molar-refractivity contribution is 0.0628. The van der Waals surface area contributed by atoms with E-state index >= 15 is 0 Å². The standard InChI is InChI=1S/C18H21N3O/c1-15-4-6-17(7-5-15)18(22)21-11-9-20(10-12-21)14-16-3-2-8-19-13-16/h2-8,13H,9-12,14H2,1H3. The Hall–Kier alpha value is -2.20. The van der Waals surface area contributed by atoms with Crippen molar-refractivity contribution in [3.8, 4) is 0 Å². The van der Waals surface area contributed by atoms with Crippen LogP contribution in [0.15, 0.2) is 48.8 Å². The summed E-state index contributed by atoms with van der Waals surface area (Å²) in [5, 5.41) is 0. The number of benzene rings is 1. The summed E-state index contributed by atoms with van der Waals surface area (Å²) in [5.74, 6) is 0.140. The number of rotatable bonds is 3. The number of carbonyl (C=O) groups is 1. The summed E-state index contributed by atoms with van der Waals surface area (Å²) in [6.45, 7) is 6.32. The molecule has 1 amide bonds. The van der Waals surface area contributed by atoms with Gasteiger partial charge in [-0.05, 0) is 30.7 Å². The van der Waals surface area contributed by atoms with E-state index in [0.717, 1.165) is 38.3 Å². The third kappa shape index (κ3) is 3.52. The van der Waals surface area contributed by atoms with Gasteiger partial charge in [-0.3, -0.25) is 14.7 Å². The summed E-state index contributed by atoms with van der Waals surface area (Å²) in [4.78, 5) is 20.9. The second kappa shape index (κ2) is 6.71. The highest BCUT2D eigenvalue weighted by atomic mass is 16.2. The molecule has 1 aliphatic heterocycles. The number of nitrogens with zero attached hydrogens (tertiary/aromatic N) is 3. The number of aryl methyl sites for hydroxylation is 1. The fourth-order valence-electron chi connectivity index (χ4n) is 2.74. The Morgan fingerprint density at radius 2 is 1.82 bits per heavy atom. The molecule has 22 heavy (non-hydrogen) atoms. The quantitative estimate of drug-likeness (QED) is 0.872. The predicted octanol–water partition coefficient (Wildman–Crippen LogP) is 2.35. The van der Waals surface area contributed by atoms with E-state index in [-0.39, 0.29) is 5.91 Å². The molecule has 2 heterocycles. The van der Waals surface area contributed by atoms with Crippen molar-refractivity contribution >= 4 is 5.91 Å². The molecule has 0 unspecified atom stereocenters. The number of pyridine rings is 1. The maximum absolute atomic E-state index is 12.5. The van der Waals surface area contributed by atoms with Gasteiger partial charge < -0.3 is 4.90 Å². The van der Waals surface area contributed by atoms with E-state index in [1.807, 2.05) is 48.4 Å². The first-order valence-electron chi connectivity index (χ1n) is 7.69. The number of carbonyl (C=O) groups excluding carboxylic acids is 1. The third-order valence-electron chi connectivity index (χ3n) is 4.09. The molecule has 1 aromatic heterocycles. The van der Waals surface area contributed by atoms with Crippen molar-refractivity contribution in [2.24, 2.45) is 0 Å². The molecule has 4 nitrogen and oxygen atoms in total. The monoisotopic (exact) mass is 295 g/mol. The van der Waals surface area contributed by atoms with Gasteiger partial charge in [-0.25, -0.2) is 0 Å². The molecule has 2 aromatic rings. The van der Waals surface area contributed by atoms with Gasteiger partial charge in [-0.1, -0.05) is 23.8 Å². The summed E-state index contributed by atoms with van der Waals surface area (Å²) in [6, 6.07) is 11.9. The van der Waals surface area contributed by atoms with Crippen LogP contribution in [0.5, 0.6) is 0 Å². The van der Waals surface area contributed by atoms with Crippen molar-refractivity contribution in [1.29, 1.82) is 0 Å². The maximum atomic E-state index is 12.5. The van der Waals surface area contributed by atoms with Gasteiger partial charge in [-0.2, -0.15) is 0 Å². The highest BCUT2D eigenvalue weighted by Crippen LogP contribution is 2.12. The molecule has 0 aliphatic carbocycles. The van der Waals surface area contributed by atoms with Crippen LogP contribution in [0.1, 0.15) is 21.5 Å². The summed E-state index contributed by atoms with van der Waals surface area (Å²) in [7, 11) is 0. The zero-order valence-corrected chi connectivity index (χ0v) is 12.9. The van der Waals surface area contributed by atoms with Gasteiger partial charge >= 0.3 is 0 Å². The SMILES string of the molecule is Cc1ccc(C(=O)N2CCN(Cc3cccnc3)CC2)cc1. The number of aromatic nitrogens is 1. The fourth-order valence-corrected chi connectivity index (χ4v) is 2.74. The van der Waals surface area contributed by atoms with E-state index in [1.54, 1.807) is 6.20 Å². The van der Waals surface area contributed by atoms with Crippen LogP contribution in [0.3, 0.4) is 0 Å². The van der Waals surface area contributed by atoms with Crippen LogP contribution in [0.4, 0.5) is 0 Å². The summed E-state index contributed by atoms with van der Waals surface area (Å²) in [6.07, 6.45) is 3.70. The minimum atomic E-state index is 0.140. The van der Waals surface area contributed by atoms with Gasteiger partial charge in [0.25, 0.3) is 5.91 Å². The maximum Gasteiger partial charge on any atom is 0.253 e. The second-order valence-corrected chi connectivity index (χ2v) is 5.80. The van der Waals surface area contributed by atoms with Crippen LogP contribution in [0, 0.1) is 6.92 Å². The smallest absolute Gasteiger partial charge is 0.253 e. The largest absolute Gasteiger partial charge is 0.336 e. The molecule has 1 fully saturated rings. The van der Waals surface area contributed by atoms with Crippen LogP contribution in [-0.2, 0) is 6.54 Å². The van der Waals surface area contributed by atoms with E-state index in [2.05, 4.69) is 16.0 Å². The van der Waals surface area contributed by atoms with Crippen molar-refractivity contribution in [2.45, 2.75) is 13.5 Å². The number of hydrogen-bond donors (Lipinski definition) is 0. The highest BCUT2D eigenvalue weighted by molar-refractivity contribution is 5.94. The molecule has 114 valence electrons. The average Bonchev–Trinajstić information content (AvgIpc) is 2.57. The van der Waals surface area contributed by atoms with E-state index in [1.165, 1.54) is 11.1 Å². The predicted molar refractivity (Wildman–Crippen MR) is 86.6 cm³/mol. The molecular formula is C18H21N3O. The molecule has 0 radical (unpaired) electrons. The Labute approximate surface area is 131 Å². The van der Waals surface area contributed by atoms with E-state index in [9.17, 15) is 4.79 Å². The molecule has 3 rings (SSSR count). The van der Waals surface area contributed by atoms with Crippen LogP contribution in [0.2, 0.25) is 0 Å². The zero-order chi connectivity index (χ0) is 15.4. The topological polar surface area (TPSA) is 36.4 Å². The lowest BCUT2D eigenvalue weighted by Gasteiger charge is -2.34. The lowest BCUT2D eigenvalue weighted by atomic mass is 10.1. The third-order valence-corrected chi connectivity index (χ3v) is 4.09. The molecule has 0 spiro atoms. The number of piperazine rings is 1. The Morgan fingerprint density at radius 1 is 1.09 bits per heavy atom. The molecule has 1 aromatic carbocycles. The molecule has 1 saturated heterocycles. The Kier molecular flexibility index (Phi) is 4.49. The van der Waals surface area contributed by atoms with Crippen molar-refractivity contribution in [1.82, 2.24) is 14.8 Å². The first kappa shape index (κ1) is 14.7. The molecule has 1 aliphatic rings. The van der Waals surface area contributed by atoms with Gasteiger partial charge in [-0.15, -0.1) is 0 Å². The van der Waals surface area contributed by atoms with E-state index in [0.29, 0.717) is 0 Å². The van der Waals surface area contributed by atoms with Crippen molar-refractivity contribution in [3.05, 3.63) is 65.5 Å². The first-order chi connectivity index (χ1) is 10.7. The van der Waals surface area contributed by atoms with Crippen LogP contribution < -0.4 is 0 Å². The minimum absolute atomic E-state index is 0.140. The van der Waals surface area contributed by atoms with Crippen molar-refractivity contribution in [3.63, 3.8) is 0 Å². The minimum Gasteiger partial charge on any atom is -0.336 e. The summed E-state index contributed by atoms with van der Waals surface area (Å²) in [5.41, 5.74) is 3.19. The number of amides is 1. The highest BCUT2D eigenvalue weighted by Gasteiger charge is 2.21. The fraction of sp³-hybridized carbons (Fsp3) is 0.333. The lowest BCUT2D eigenvalue weighted by Crippen LogP contribution is -2.48. The van der Waals surface area contributed by atoms with Gasteiger partial charge in [0.2, 0.25) is 0 Å². The summed E-state index contributed by atoms with van der Waals surface area (Å²) >= 11 is 0. The first-order valence-corrected chi connectivity index (χ1v) is 7.69. The Bertz CT molecular complexity index is 617. The Balaban J connectivity index is 1.55. The molecule has 4 heteroatoms. The van der Waals surface area contributed by atoms with Crippen molar-refractivity contribution in [2.75, 3.05) is 26.2 Å². The van der Waals surface area contributed by atoms with E-state index in [4.69, 9.17) is 0 Å². The molecule has 0 atom stereocenters. The molecule has 0 saturated carbocycles. The van der Waals surface area contributed by atoms with Crippen LogP contribution in [0.25, 0.3) is 0 Å². The average molecular weight is 295 g/mol. The van der Waals surface area contributed by atoms with Gasteiger partial charge in [0, 0.05) is 50.7 Å². The molecule has 0 bridgehead atoms. The van der Waals surface area contributed by atoms with Crippen molar-refractivity contribution < 1.29 is 4.79 Å². The molecule has 0 N–H and O–H groups in total. The van der Waals surface area contributed by atoms with Gasteiger partial charge in [0.1, 0.15) is 0 Å². The van der Waals surface area contributed by atoms with Gasteiger partial charge in [0.05, 0.1) is 0 Å². The summed E-state index contributed by atoms with van der Waals surface area (Å²) < 4.78 is 0. The van der Waals surface area contributed by atoms with E-state index < -0.39 is 0 Å². The Morgan fingerprint density at radius 3 is 2.45 bits per heavy atom. The zero-order valence-electron chi connectivity index (χ0n) is 12.9. The van der Waals surface area contributed by atoms with Gasteiger partial charge in [0.15, 0.2) is 0 Å². The second-order valence-electron chi connectivity index (χ2n) is 5.80. The molecular weight excluding hydrogens is 274 g/mol. The van der Waals surface area contributed by atoms with Crippen LogP contribution in [-0.4, -0.2) is 46.9 Å². The number of hydrogen-bond acceptors (Lipinski definition) is 3. The van der Waals surface area contributed by atoms with Crippen LogP contribution >= 0.6 is 0 Å².